The Kier molecular flexibility index (Phi) is 6.96. The summed E-state index contributed by atoms with van der Waals surface area (Å²) < 4.78 is 5.60. The first-order chi connectivity index (χ1) is 11.6. The van der Waals surface area contributed by atoms with Gasteiger partial charge in [0, 0.05) is 11.8 Å². The minimum Gasteiger partial charge on any atom is -0.494 e. The Labute approximate surface area is 151 Å². The van der Waals surface area contributed by atoms with Crippen molar-refractivity contribution in [2.45, 2.75) is 19.8 Å². The third-order valence-electron chi connectivity index (χ3n) is 3.06. The molecule has 0 bridgehead atoms. The summed E-state index contributed by atoms with van der Waals surface area (Å²) in [5.74, 6) is 0.845. The fourth-order valence-electron chi connectivity index (χ4n) is 1.83. The van der Waals surface area contributed by atoms with E-state index in [2.05, 4.69) is 22.5 Å². The molecule has 2 rings (SSSR count). The summed E-state index contributed by atoms with van der Waals surface area (Å²) in [5, 5.41) is 6.11. The molecule has 1 aromatic heterocycles. The molecule has 0 fully saturated rings. The Morgan fingerprint density at radius 3 is 2.88 bits per heavy atom. The minimum absolute atomic E-state index is 0.159. The van der Waals surface area contributed by atoms with E-state index >= 15 is 0 Å². The molecule has 0 saturated heterocycles. The highest BCUT2D eigenvalue weighted by Crippen LogP contribution is 2.14. The van der Waals surface area contributed by atoms with E-state index in [4.69, 9.17) is 28.6 Å². The van der Waals surface area contributed by atoms with Gasteiger partial charge in [0.1, 0.15) is 11.6 Å². The quantitative estimate of drug-likeness (QED) is 0.599. The predicted octanol–water partition coefficient (Wildman–Crippen LogP) is 4.04. The van der Waals surface area contributed by atoms with Crippen molar-refractivity contribution >= 4 is 40.7 Å². The molecule has 1 amide bonds. The number of hydrogen-bond donors (Lipinski definition) is 2. The van der Waals surface area contributed by atoms with Crippen LogP contribution in [0.1, 0.15) is 30.1 Å². The van der Waals surface area contributed by atoms with Crippen LogP contribution in [0.2, 0.25) is 5.02 Å². The average molecular weight is 364 g/mol. The molecule has 0 aliphatic heterocycles. The zero-order chi connectivity index (χ0) is 17.4. The molecule has 2 aromatic rings. The number of hydrogen-bond acceptors (Lipinski definition) is 4. The smallest absolute Gasteiger partial charge is 0.257 e. The van der Waals surface area contributed by atoms with Gasteiger partial charge in [-0.1, -0.05) is 31.0 Å². The minimum atomic E-state index is -0.317. The Bertz CT molecular complexity index is 707. The van der Waals surface area contributed by atoms with Crippen LogP contribution in [0.15, 0.2) is 42.6 Å². The number of amides is 1. The van der Waals surface area contributed by atoms with Crippen molar-refractivity contribution in [3.8, 4) is 5.75 Å². The lowest BCUT2D eigenvalue weighted by atomic mass is 10.2. The molecule has 7 heteroatoms. The average Bonchev–Trinajstić information content (AvgIpc) is 2.57. The van der Waals surface area contributed by atoms with Crippen LogP contribution in [-0.4, -0.2) is 22.6 Å². The Hall–Kier alpha value is -2.18. The van der Waals surface area contributed by atoms with Gasteiger partial charge in [0.15, 0.2) is 5.11 Å². The maximum absolute atomic E-state index is 12.2. The van der Waals surface area contributed by atoms with Crippen molar-refractivity contribution in [2.24, 2.45) is 0 Å². The second-order valence-corrected chi connectivity index (χ2v) is 5.84. The van der Waals surface area contributed by atoms with Gasteiger partial charge in [-0.25, -0.2) is 4.98 Å². The summed E-state index contributed by atoms with van der Waals surface area (Å²) in [7, 11) is 0. The van der Waals surface area contributed by atoms with Gasteiger partial charge < -0.3 is 10.1 Å². The molecule has 24 heavy (non-hydrogen) atoms. The van der Waals surface area contributed by atoms with Crippen LogP contribution in [0.5, 0.6) is 5.75 Å². The SMILES string of the molecule is CCCCOc1cccc(C(=O)NC(=S)Nc2ccc(Cl)cn2)c1. The molecule has 1 aromatic carbocycles. The van der Waals surface area contributed by atoms with Gasteiger partial charge in [0.2, 0.25) is 0 Å². The summed E-state index contributed by atoms with van der Waals surface area (Å²) in [5.41, 5.74) is 0.470. The van der Waals surface area contributed by atoms with E-state index in [1.54, 1.807) is 30.3 Å². The lowest BCUT2D eigenvalue weighted by Gasteiger charge is -2.10. The maximum Gasteiger partial charge on any atom is 0.257 e. The van der Waals surface area contributed by atoms with Gasteiger partial charge in [0.05, 0.1) is 11.6 Å². The molecule has 0 aliphatic carbocycles. The zero-order valence-electron chi connectivity index (χ0n) is 13.2. The maximum atomic E-state index is 12.2. The first kappa shape index (κ1) is 18.2. The second kappa shape index (κ2) is 9.20. The Morgan fingerprint density at radius 1 is 1.33 bits per heavy atom. The molecule has 0 radical (unpaired) electrons. The number of anilines is 1. The molecule has 126 valence electrons. The number of ether oxygens (including phenoxy) is 1. The van der Waals surface area contributed by atoms with Crippen LogP contribution >= 0.6 is 23.8 Å². The number of thiocarbonyl (C=S) groups is 1. The van der Waals surface area contributed by atoms with Crippen LogP contribution in [0, 0.1) is 0 Å². The van der Waals surface area contributed by atoms with Crippen molar-refractivity contribution in [3.63, 3.8) is 0 Å². The molecule has 5 nitrogen and oxygen atoms in total. The number of carbonyl (C=O) groups excluding carboxylic acids is 1. The van der Waals surface area contributed by atoms with Crippen LogP contribution in [0.4, 0.5) is 5.82 Å². The predicted molar refractivity (Wildman–Crippen MR) is 99.8 cm³/mol. The molecule has 1 heterocycles. The first-order valence-corrected chi connectivity index (χ1v) is 8.34. The Morgan fingerprint density at radius 2 is 2.17 bits per heavy atom. The highest BCUT2D eigenvalue weighted by atomic mass is 35.5. The highest BCUT2D eigenvalue weighted by molar-refractivity contribution is 7.80. The van der Waals surface area contributed by atoms with Crippen LogP contribution in [-0.2, 0) is 0 Å². The molecule has 0 unspecified atom stereocenters. The number of unbranched alkanes of at least 4 members (excludes halogenated alkanes) is 1. The highest BCUT2D eigenvalue weighted by Gasteiger charge is 2.09. The van der Waals surface area contributed by atoms with Crippen LogP contribution in [0.3, 0.4) is 0 Å². The zero-order valence-corrected chi connectivity index (χ0v) is 14.8. The molecule has 0 aliphatic rings. The number of benzene rings is 1. The largest absolute Gasteiger partial charge is 0.494 e. The molecular weight excluding hydrogens is 346 g/mol. The van der Waals surface area contributed by atoms with Crippen LogP contribution in [0.25, 0.3) is 0 Å². The lowest BCUT2D eigenvalue weighted by molar-refractivity contribution is 0.0977. The first-order valence-electron chi connectivity index (χ1n) is 7.55. The fraction of sp³-hybridized carbons (Fsp3) is 0.235. The van der Waals surface area contributed by atoms with Gasteiger partial charge in [-0.3, -0.25) is 10.1 Å². The summed E-state index contributed by atoms with van der Waals surface area (Å²) in [6.45, 7) is 2.72. The molecule has 0 saturated carbocycles. The molecular formula is C17H18ClN3O2S. The number of rotatable bonds is 6. The van der Waals surface area contributed by atoms with Gasteiger partial charge in [-0.15, -0.1) is 0 Å². The van der Waals surface area contributed by atoms with E-state index < -0.39 is 0 Å². The van der Waals surface area contributed by atoms with E-state index in [0.29, 0.717) is 28.8 Å². The molecule has 0 atom stereocenters. The van der Waals surface area contributed by atoms with Crippen molar-refractivity contribution in [1.29, 1.82) is 0 Å². The summed E-state index contributed by atoms with van der Waals surface area (Å²) in [4.78, 5) is 16.3. The molecule has 0 spiro atoms. The lowest BCUT2D eigenvalue weighted by Crippen LogP contribution is -2.34. The van der Waals surface area contributed by atoms with E-state index in [-0.39, 0.29) is 11.0 Å². The topological polar surface area (TPSA) is 63.2 Å². The normalized spacial score (nSPS) is 10.1. The number of halogens is 1. The van der Waals surface area contributed by atoms with E-state index in [1.165, 1.54) is 6.20 Å². The number of carbonyl (C=O) groups is 1. The van der Waals surface area contributed by atoms with Crippen molar-refractivity contribution < 1.29 is 9.53 Å². The van der Waals surface area contributed by atoms with E-state index in [0.717, 1.165) is 12.8 Å². The fourth-order valence-corrected chi connectivity index (χ4v) is 2.14. The summed E-state index contributed by atoms with van der Waals surface area (Å²) in [6, 6.07) is 10.3. The van der Waals surface area contributed by atoms with Crippen molar-refractivity contribution in [3.05, 3.63) is 53.2 Å². The van der Waals surface area contributed by atoms with Gasteiger partial charge in [-0.05, 0) is 49.0 Å². The number of aromatic nitrogens is 1. The van der Waals surface area contributed by atoms with Crippen molar-refractivity contribution in [2.75, 3.05) is 11.9 Å². The third kappa shape index (κ3) is 5.79. The summed E-state index contributed by atoms with van der Waals surface area (Å²) in [6.07, 6.45) is 3.52. The second-order valence-electron chi connectivity index (χ2n) is 5.00. The van der Waals surface area contributed by atoms with E-state index in [1.807, 2.05) is 6.07 Å². The van der Waals surface area contributed by atoms with Crippen LogP contribution < -0.4 is 15.4 Å². The summed E-state index contributed by atoms with van der Waals surface area (Å²) >= 11 is 10.9. The Balaban J connectivity index is 1.92. The van der Waals surface area contributed by atoms with Crippen molar-refractivity contribution in [1.82, 2.24) is 10.3 Å². The number of nitrogens with zero attached hydrogens (tertiary/aromatic N) is 1. The molecule has 2 N–H and O–H groups in total. The van der Waals surface area contributed by atoms with Gasteiger partial charge >= 0.3 is 0 Å². The standard InChI is InChI=1S/C17H18ClN3O2S/c1-2-3-9-23-14-6-4-5-12(10-14)16(22)21-17(24)20-15-8-7-13(18)11-19-15/h4-8,10-11H,2-3,9H2,1H3,(H2,19,20,21,22,24). The van der Waals surface area contributed by atoms with Gasteiger partial charge in [-0.2, -0.15) is 0 Å². The number of pyridine rings is 1. The monoisotopic (exact) mass is 363 g/mol. The number of nitrogens with one attached hydrogen (secondary N) is 2. The van der Waals surface area contributed by atoms with E-state index in [9.17, 15) is 4.79 Å². The third-order valence-corrected chi connectivity index (χ3v) is 3.49. The van der Waals surface area contributed by atoms with Gasteiger partial charge in [0.25, 0.3) is 5.91 Å².